The summed E-state index contributed by atoms with van der Waals surface area (Å²) in [7, 11) is 0. The number of pyridine rings is 2. The van der Waals surface area contributed by atoms with Crippen LogP contribution in [0.5, 0.6) is 0 Å². The number of aromatic nitrogens is 6. The second kappa shape index (κ2) is 6.75. The topological polar surface area (TPSA) is 120 Å². The van der Waals surface area contributed by atoms with Crippen molar-refractivity contribution in [2.75, 3.05) is 0 Å². The van der Waals surface area contributed by atoms with Crippen molar-refractivity contribution in [1.29, 1.82) is 0 Å². The van der Waals surface area contributed by atoms with E-state index in [0.717, 1.165) is 5.56 Å². The van der Waals surface area contributed by atoms with Gasteiger partial charge in [-0.1, -0.05) is 12.1 Å². The molecule has 2 N–H and O–H groups in total. The zero-order valence-corrected chi connectivity index (χ0v) is 12.1. The first-order valence-corrected chi connectivity index (χ1v) is 6.91. The van der Waals surface area contributed by atoms with Crippen molar-refractivity contribution in [1.82, 2.24) is 30.4 Å². The number of aldehydes is 1. The number of rotatable bonds is 5. The molecular formula is C15H13N7O. The molecule has 23 heavy (non-hydrogen) atoms. The fourth-order valence-electron chi connectivity index (χ4n) is 1.93. The minimum absolute atomic E-state index is 0.316. The predicted octanol–water partition coefficient (Wildman–Crippen LogP) is 0.459. The van der Waals surface area contributed by atoms with Gasteiger partial charge in [0.25, 0.3) is 0 Å². The van der Waals surface area contributed by atoms with Gasteiger partial charge in [-0.15, -0.1) is 20.4 Å². The lowest BCUT2D eigenvalue weighted by Gasteiger charge is -2.04. The molecule has 0 aliphatic carbocycles. The van der Waals surface area contributed by atoms with Crippen molar-refractivity contribution >= 4 is 6.29 Å². The van der Waals surface area contributed by atoms with Gasteiger partial charge in [-0.25, -0.2) is 0 Å². The summed E-state index contributed by atoms with van der Waals surface area (Å²) < 4.78 is 0. The number of hydrogen-bond donors (Lipinski definition) is 1. The molecule has 0 aliphatic rings. The highest BCUT2D eigenvalue weighted by Crippen LogP contribution is 2.13. The molecule has 0 radical (unpaired) electrons. The summed E-state index contributed by atoms with van der Waals surface area (Å²) in [5.41, 5.74) is 7.58. The average molecular weight is 307 g/mol. The van der Waals surface area contributed by atoms with Gasteiger partial charge in [0.2, 0.25) is 11.6 Å². The Morgan fingerprint density at radius 1 is 0.957 bits per heavy atom. The second-order valence-corrected chi connectivity index (χ2v) is 4.82. The maximum atomic E-state index is 10.6. The van der Waals surface area contributed by atoms with Crippen LogP contribution in [0.15, 0.2) is 42.7 Å². The second-order valence-electron chi connectivity index (χ2n) is 4.82. The maximum Gasteiger partial charge on any atom is 0.221 e. The SMILES string of the molecule is NC(C=O)Cc1ccc(-c2nnc(-c3ccccn3)nn2)nc1. The number of hydrogen-bond acceptors (Lipinski definition) is 8. The van der Waals surface area contributed by atoms with Crippen molar-refractivity contribution in [3.8, 4) is 23.0 Å². The standard InChI is InChI=1S/C15H13N7O/c16-11(9-23)7-10-4-5-13(18-8-10)15-21-19-14(20-22-15)12-3-1-2-6-17-12/h1-6,8-9,11H,7,16H2. The van der Waals surface area contributed by atoms with E-state index in [0.29, 0.717) is 35.7 Å². The lowest BCUT2D eigenvalue weighted by atomic mass is 10.1. The normalized spacial score (nSPS) is 11.9. The van der Waals surface area contributed by atoms with E-state index < -0.39 is 6.04 Å². The quantitative estimate of drug-likeness (QED) is 0.675. The Balaban J connectivity index is 1.78. The van der Waals surface area contributed by atoms with Gasteiger partial charge in [0.1, 0.15) is 17.7 Å². The number of carbonyl (C=O) groups is 1. The van der Waals surface area contributed by atoms with E-state index in [-0.39, 0.29) is 0 Å². The summed E-state index contributed by atoms with van der Waals surface area (Å²) in [4.78, 5) is 18.9. The Bertz CT molecular complexity index is 775. The van der Waals surface area contributed by atoms with Crippen LogP contribution in [0.2, 0.25) is 0 Å². The van der Waals surface area contributed by atoms with Crippen molar-refractivity contribution in [2.45, 2.75) is 12.5 Å². The van der Waals surface area contributed by atoms with Crippen LogP contribution in [0.1, 0.15) is 5.56 Å². The molecule has 114 valence electrons. The maximum absolute atomic E-state index is 10.6. The fraction of sp³-hybridized carbons (Fsp3) is 0.133. The molecular weight excluding hydrogens is 294 g/mol. The third-order valence-electron chi connectivity index (χ3n) is 3.07. The molecule has 0 aromatic carbocycles. The largest absolute Gasteiger partial charge is 0.321 e. The van der Waals surface area contributed by atoms with Gasteiger partial charge in [-0.3, -0.25) is 9.97 Å². The first kappa shape index (κ1) is 14.8. The van der Waals surface area contributed by atoms with Crippen molar-refractivity contribution in [3.63, 3.8) is 0 Å². The zero-order valence-electron chi connectivity index (χ0n) is 12.1. The van der Waals surface area contributed by atoms with Crippen LogP contribution in [0.25, 0.3) is 23.0 Å². The van der Waals surface area contributed by atoms with E-state index in [9.17, 15) is 4.79 Å². The molecule has 0 saturated carbocycles. The lowest BCUT2D eigenvalue weighted by Crippen LogP contribution is -2.24. The van der Waals surface area contributed by atoms with Gasteiger partial charge >= 0.3 is 0 Å². The van der Waals surface area contributed by atoms with Crippen LogP contribution in [0.3, 0.4) is 0 Å². The van der Waals surface area contributed by atoms with Gasteiger partial charge in [-0.05, 0) is 30.2 Å². The van der Waals surface area contributed by atoms with Crippen LogP contribution in [-0.4, -0.2) is 42.7 Å². The van der Waals surface area contributed by atoms with Crippen molar-refractivity contribution in [3.05, 3.63) is 48.3 Å². The van der Waals surface area contributed by atoms with Crippen LogP contribution in [-0.2, 0) is 11.2 Å². The minimum atomic E-state index is -0.528. The first-order chi connectivity index (χ1) is 11.3. The molecule has 3 heterocycles. The van der Waals surface area contributed by atoms with Gasteiger partial charge in [-0.2, -0.15) is 0 Å². The molecule has 0 aliphatic heterocycles. The van der Waals surface area contributed by atoms with E-state index in [1.54, 1.807) is 30.6 Å². The van der Waals surface area contributed by atoms with E-state index >= 15 is 0 Å². The Labute approximate surface area is 131 Å². The fourth-order valence-corrected chi connectivity index (χ4v) is 1.93. The molecule has 1 atom stereocenters. The molecule has 8 heteroatoms. The molecule has 3 rings (SSSR count). The summed E-state index contributed by atoms with van der Waals surface area (Å²) in [6, 6.07) is 8.46. The van der Waals surface area contributed by atoms with Crippen molar-refractivity contribution < 1.29 is 4.79 Å². The summed E-state index contributed by atoms with van der Waals surface area (Å²) in [6.07, 6.45) is 4.43. The van der Waals surface area contributed by atoms with Crippen LogP contribution < -0.4 is 5.73 Å². The van der Waals surface area contributed by atoms with Gasteiger partial charge in [0.15, 0.2) is 0 Å². The van der Waals surface area contributed by atoms with Crippen LogP contribution >= 0.6 is 0 Å². The predicted molar refractivity (Wildman–Crippen MR) is 81.8 cm³/mol. The molecule has 0 fully saturated rings. The van der Waals surface area contributed by atoms with Gasteiger partial charge in [0.05, 0.1) is 6.04 Å². The highest BCUT2D eigenvalue weighted by molar-refractivity contribution is 5.58. The number of nitrogens with zero attached hydrogens (tertiary/aromatic N) is 6. The Kier molecular flexibility index (Phi) is 4.34. The Morgan fingerprint density at radius 3 is 2.17 bits per heavy atom. The summed E-state index contributed by atoms with van der Waals surface area (Å²) in [6.45, 7) is 0. The monoisotopic (exact) mass is 307 g/mol. The van der Waals surface area contributed by atoms with Crippen LogP contribution in [0.4, 0.5) is 0 Å². The van der Waals surface area contributed by atoms with Gasteiger partial charge < -0.3 is 10.5 Å². The highest BCUT2D eigenvalue weighted by Gasteiger charge is 2.09. The summed E-state index contributed by atoms with van der Waals surface area (Å²) in [5.74, 6) is 0.666. The van der Waals surface area contributed by atoms with E-state index in [4.69, 9.17) is 5.73 Å². The van der Waals surface area contributed by atoms with E-state index in [1.807, 2.05) is 12.1 Å². The molecule has 0 bridgehead atoms. The molecule has 0 amide bonds. The number of nitrogens with two attached hydrogens (primary N) is 1. The Morgan fingerprint density at radius 2 is 1.65 bits per heavy atom. The van der Waals surface area contributed by atoms with Gasteiger partial charge in [0, 0.05) is 12.4 Å². The van der Waals surface area contributed by atoms with Crippen molar-refractivity contribution in [2.24, 2.45) is 5.73 Å². The smallest absolute Gasteiger partial charge is 0.221 e. The van der Waals surface area contributed by atoms with E-state index in [2.05, 4.69) is 30.4 Å². The van der Waals surface area contributed by atoms with Crippen LogP contribution in [0, 0.1) is 0 Å². The summed E-state index contributed by atoms with van der Waals surface area (Å²) in [5, 5.41) is 16.1. The minimum Gasteiger partial charge on any atom is -0.321 e. The molecule has 3 aromatic heterocycles. The lowest BCUT2D eigenvalue weighted by molar-refractivity contribution is -0.108. The third kappa shape index (κ3) is 3.55. The first-order valence-electron chi connectivity index (χ1n) is 6.91. The van der Waals surface area contributed by atoms with E-state index in [1.165, 1.54) is 0 Å². The summed E-state index contributed by atoms with van der Waals surface area (Å²) >= 11 is 0. The molecule has 3 aromatic rings. The highest BCUT2D eigenvalue weighted by atomic mass is 16.1. The number of carbonyl (C=O) groups excluding carboxylic acids is 1. The zero-order chi connectivity index (χ0) is 16.1. The molecule has 1 unspecified atom stereocenters. The third-order valence-corrected chi connectivity index (χ3v) is 3.07. The molecule has 8 nitrogen and oxygen atoms in total. The molecule has 0 saturated heterocycles. The Hall–Kier alpha value is -3.13. The average Bonchev–Trinajstić information content (AvgIpc) is 2.63. The molecule has 0 spiro atoms.